The summed E-state index contributed by atoms with van der Waals surface area (Å²) in [6.45, 7) is -1.63. The molecule has 10 atom stereocenters. The molecule has 10 unspecified atom stereocenters. The molecule has 4 aromatic rings. The highest BCUT2D eigenvalue weighted by Gasteiger charge is 2.52. The molecule has 0 radical (unpaired) electrons. The molecule has 2 aliphatic rings. The Morgan fingerprint density at radius 2 is 1.47 bits per heavy atom. The molecule has 57 heavy (non-hydrogen) atoms. The van der Waals surface area contributed by atoms with Crippen LogP contribution in [0, 0.1) is 0 Å². The van der Waals surface area contributed by atoms with Crippen LogP contribution in [0.5, 0.6) is 40.2 Å². The summed E-state index contributed by atoms with van der Waals surface area (Å²) in [6, 6.07) is 9.31. The predicted octanol–water partition coefficient (Wildman–Crippen LogP) is -0.736. The van der Waals surface area contributed by atoms with Crippen LogP contribution in [0.15, 0.2) is 63.8 Å². The van der Waals surface area contributed by atoms with Crippen LogP contribution in [0.25, 0.3) is 28.4 Å². The topological polar surface area (TPSA) is 325 Å². The molecule has 3 heterocycles. The van der Waals surface area contributed by atoms with E-state index in [2.05, 4.69) is 0 Å². The number of aliphatic hydroxyl groups excluding tert-OH is 6. The number of ether oxygens (including phenoxy) is 6. The first-order valence-electron chi connectivity index (χ1n) is 17.0. The maximum Gasteiger partial charge on any atom is 0.330 e. The van der Waals surface area contributed by atoms with E-state index in [0.29, 0.717) is 5.56 Å². The van der Waals surface area contributed by atoms with Gasteiger partial charge in [-0.25, -0.2) is 4.79 Å². The van der Waals surface area contributed by atoms with Crippen LogP contribution in [0.3, 0.4) is 0 Å². The molecule has 0 spiro atoms. The fourth-order valence-electron chi connectivity index (χ4n) is 6.14. The highest BCUT2D eigenvalue weighted by molar-refractivity contribution is 5.88. The lowest BCUT2D eigenvalue weighted by molar-refractivity contribution is -0.358. The van der Waals surface area contributed by atoms with E-state index >= 15 is 0 Å². The van der Waals surface area contributed by atoms with Gasteiger partial charge in [0.1, 0.15) is 71.8 Å². The van der Waals surface area contributed by atoms with Crippen LogP contribution in [-0.4, -0.2) is 144 Å². The molecule has 0 amide bonds. The SMILES string of the molecule is COc1cc(/C=C/C(=O)OCC2OC(OC3C(Oc4c(-c5ccc(O)c(O)c5)oc5cc(O)cc(O)c5c4=O)OC(CO)C(O)C3O)C(O)C(O)C2O)ccc1O. The van der Waals surface area contributed by atoms with Gasteiger partial charge in [0.25, 0.3) is 0 Å². The summed E-state index contributed by atoms with van der Waals surface area (Å²) < 4.78 is 39.0. The lowest BCUT2D eigenvalue weighted by Crippen LogP contribution is -2.65. The van der Waals surface area contributed by atoms with Crippen molar-refractivity contribution in [3.05, 3.63) is 70.4 Å². The van der Waals surface area contributed by atoms with Gasteiger partial charge >= 0.3 is 5.97 Å². The van der Waals surface area contributed by atoms with Crippen LogP contribution in [-0.2, 0) is 23.7 Å². The second kappa shape index (κ2) is 16.8. The third-order valence-electron chi connectivity index (χ3n) is 9.18. The fraction of sp³-hybridized carbons (Fsp3) is 0.351. The standard InChI is InChI=1S/C37H38O20/c1-51-21-8-14(2-5-18(21)41)3-7-25(44)52-13-24-28(46)30(48)32(50)36(55-24)57-35-31(49)27(45)23(12-38)54-37(35)56-34-29(47)26-20(43)10-16(39)11-22(26)53-33(34)15-4-6-17(40)19(42)9-15/h2-11,23-24,27-28,30-32,35-43,45-46,48-50H,12-13H2,1H3/b7-3+. The highest BCUT2D eigenvalue weighted by atomic mass is 16.8. The van der Waals surface area contributed by atoms with E-state index in [0.717, 1.165) is 30.3 Å². The Kier molecular flexibility index (Phi) is 12.1. The largest absolute Gasteiger partial charge is 0.508 e. The Hall–Kier alpha value is -5.68. The number of hydrogen-bond acceptors (Lipinski definition) is 20. The number of carbonyl (C=O) groups excluding carboxylic acids is 1. The van der Waals surface area contributed by atoms with Gasteiger partial charge in [-0.15, -0.1) is 0 Å². The lowest BCUT2D eigenvalue weighted by atomic mass is 9.97. The molecule has 20 heteroatoms. The number of methoxy groups -OCH3 is 1. The minimum Gasteiger partial charge on any atom is -0.508 e. The number of aromatic hydroxyl groups is 5. The molecule has 6 rings (SSSR count). The zero-order valence-corrected chi connectivity index (χ0v) is 29.6. The normalized spacial score (nSPS) is 27.7. The molecule has 0 aliphatic carbocycles. The summed E-state index contributed by atoms with van der Waals surface area (Å²) >= 11 is 0. The van der Waals surface area contributed by atoms with E-state index in [9.17, 15) is 65.8 Å². The van der Waals surface area contributed by atoms with Crippen molar-refractivity contribution in [2.45, 2.75) is 61.4 Å². The summed E-state index contributed by atoms with van der Waals surface area (Å²) in [5.41, 5.74) is -1.12. The van der Waals surface area contributed by atoms with Crippen molar-refractivity contribution in [1.29, 1.82) is 0 Å². The Morgan fingerprint density at radius 1 is 0.772 bits per heavy atom. The lowest BCUT2D eigenvalue weighted by Gasteiger charge is -2.45. The van der Waals surface area contributed by atoms with Gasteiger partial charge in [0, 0.05) is 23.8 Å². The van der Waals surface area contributed by atoms with E-state index < -0.39 is 126 Å². The minimum absolute atomic E-state index is 0.104. The van der Waals surface area contributed by atoms with Gasteiger partial charge in [-0.05, 0) is 42.0 Å². The van der Waals surface area contributed by atoms with Crippen molar-refractivity contribution in [3.63, 3.8) is 0 Å². The molecule has 3 aromatic carbocycles. The molecular formula is C37H38O20. The number of benzene rings is 3. The van der Waals surface area contributed by atoms with Crippen molar-refractivity contribution >= 4 is 23.0 Å². The maximum absolute atomic E-state index is 14.0. The van der Waals surface area contributed by atoms with Crippen molar-refractivity contribution in [3.8, 4) is 51.6 Å². The number of aliphatic hydroxyl groups is 6. The van der Waals surface area contributed by atoms with Crippen LogP contribution < -0.4 is 14.9 Å². The van der Waals surface area contributed by atoms with Gasteiger partial charge in [0.05, 0.1) is 13.7 Å². The zero-order valence-electron chi connectivity index (χ0n) is 29.6. The fourth-order valence-corrected chi connectivity index (χ4v) is 6.14. The number of carbonyl (C=O) groups is 1. The summed E-state index contributed by atoms with van der Waals surface area (Å²) in [7, 11) is 1.34. The van der Waals surface area contributed by atoms with Crippen molar-refractivity contribution < 1.29 is 93.8 Å². The molecule has 20 nitrogen and oxygen atoms in total. The monoisotopic (exact) mass is 802 g/mol. The average Bonchev–Trinajstić information content (AvgIpc) is 3.18. The predicted molar refractivity (Wildman–Crippen MR) is 189 cm³/mol. The zero-order chi connectivity index (χ0) is 41.3. The molecule has 11 N–H and O–H groups in total. The number of esters is 1. The third-order valence-corrected chi connectivity index (χ3v) is 9.18. The van der Waals surface area contributed by atoms with E-state index in [1.54, 1.807) is 0 Å². The number of phenolic OH excluding ortho intramolecular Hbond substituents is 5. The first kappa shape index (κ1) is 41.0. The molecule has 0 bridgehead atoms. The third kappa shape index (κ3) is 8.39. The molecule has 2 fully saturated rings. The molecule has 2 saturated heterocycles. The van der Waals surface area contributed by atoms with Gasteiger partial charge < -0.3 is 89.0 Å². The van der Waals surface area contributed by atoms with Crippen molar-refractivity contribution in [2.24, 2.45) is 0 Å². The average molecular weight is 803 g/mol. The van der Waals surface area contributed by atoms with Gasteiger partial charge in [-0.1, -0.05) is 6.07 Å². The number of rotatable bonds is 11. The highest BCUT2D eigenvalue weighted by Crippen LogP contribution is 2.40. The van der Waals surface area contributed by atoms with Gasteiger partial charge in [0.2, 0.25) is 17.5 Å². The van der Waals surface area contributed by atoms with Crippen molar-refractivity contribution in [1.82, 2.24) is 0 Å². The molecular weight excluding hydrogens is 764 g/mol. The Labute approximate surface area is 320 Å². The van der Waals surface area contributed by atoms with E-state index in [1.165, 1.54) is 37.5 Å². The van der Waals surface area contributed by atoms with Gasteiger partial charge in [-0.3, -0.25) is 4.79 Å². The molecule has 2 aliphatic heterocycles. The first-order chi connectivity index (χ1) is 27.1. The molecule has 0 saturated carbocycles. The van der Waals surface area contributed by atoms with Crippen LogP contribution in [0.1, 0.15) is 5.56 Å². The quantitative estimate of drug-likeness (QED) is 0.0505. The number of hydrogen-bond donors (Lipinski definition) is 11. The number of fused-ring (bicyclic) bond motifs is 1. The Morgan fingerprint density at radius 3 is 2.18 bits per heavy atom. The smallest absolute Gasteiger partial charge is 0.330 e. The summed E-state index contributed by atoms with van der Waals surface area (Å²) in [5.74, 6) is -4.65. The number of phenols is 5. The van der Waals surface area contributed by atoms with E-state index in [1.807, 2.05) is 0 Å². The minimum atomic E-state index is -2.07. The molecule has 306 valence electrons. The van der Waals surface area contributed by atoms with Gasteiger partial charge in [0.15, 0.2) is 41.2 Å². The Balaban J connectivity index is 1.28. The Bertz CT molecular complexity index is 2180. The second-order valence-corrected chi connectivity index (χ2v) is 13.0. The first-order valence-corrected chi connectivity index (χ1v) is 17.0. The van der Waals surface area contributed by atoms with E-state index in [-0.39, 0.29) is 22.6 Å². The second-order valence-electron chi connectivity index (χ2n) is 13.0. The van der Waals surface area contributed by atoms with Crippen LogP contribution in [0.4, 0.5) is 0 Å². The van der Waals surface area contributed by atoms with Gasteiger partial charge in [-0.2, -0.15) is 0 Å². The summed E-state index contributed by atoms with van der Waals surface area (Å²) in [5, 5.41) is 114. The summed E-state index contributed by atoms with van der Waals surface area (Å²) in [6.07, 6.45) is -16.7. The van der Waals surface area contributed by atoms with E-state index in [4.69, 9.17) is 32.8 Å². The van der Waals surface area contributed by atoms with Crippen LogP contribution in [0.2, 0.25) is 0 Å². The summed E-state index contributed by atoms with van der Waals surface area (Å²) in [4.78, 5) is 26.5. The maximum atomic E-state index is 14.0. The molecule has 1 aromatic heterocycles. The van der Waals surface area contributed by atoms with Crippen LogP contribution >= 0.6 is 0 Å². The van der Waals surface area contributed by atoms with Crippen molar-refractivity contribution in [2.75, 3.05) is 20.3 Å².